The minimum absolute atomic E-state index is 0.0171. The maximum Gasteiger partial charge on any atom is 0.260 e. The van der Waals surface area contributed by atoms with Crippen molar-refractivity contribution in [2.24, 2.45) is 0 Å². The van der Waals surface area contributed by atoms with E-state index in [1.807, 2.05) is 68.1 Å². The van der Waals surface area contributed by atoms with Crippen LogP contribution in [0, 0.1) is 20.8 Å². The average Bonchev–Trinajstić information content (AvgIpc) is 3.28. The lowest BCUT2D eigenvalue weighted by Crippen LogP contribution is -2.51. The fourth-order valence-electron chi connectivity index (χ4n) is 3.75. The third-order valence-electron chi connectivity index (χ3n) is 5.98. The average molecular weight is 480 g/mol. The minimum atomic E-state index is -0.134. The van der Waals surface area contributed by atoms with Crippen molar-refractivity contribution in [2.45, 2.75) is 20.8 Å². The number of aromatic nitrogens is 2. The molecule has 0 radical (unpaired) electrons. The van der Waals surface area contributed by atoms with Gasteiger partial charge in [0.05, 0.1) is 6.54 Å². The van der Waals surface area contributed by atoms with Crippen molar-refractivity contribution >= 4 is 28.3 Å². The minimum Gasteiger partial charge on any atom is -0.484 e. The van der Waals surface area contributed by atoms with E-state index in [0.717, 1.165) is 21.7 Å². The highest BCUT2D eigenvalue weighted by Gasteiger charge is 2.23. The second-order valence-electron chi connectivity index (χ2n) is 8.47. The maximum absolute atomic E-state index is 12.5. The van der Waals surface area contributed by atoms with Crippen LogP contribution < -0.4 is 10.1 Å². The van der Waals surface area contributed by atoms with Crippen LogP contribution >= 0.6 is 11.3 Å². The summed E-state index contributed by atoms with van der Waals surface area (Å²) in [6.45, 7) is 8.75. The van der Waals surface area contributed by atoms with Gasteiger partial charge in [0.2, 0.25) is 11.0 Å². The zero-order valence-electron chi connectivity index (χ0n) is 19.7. The molecular weight excluding hydrogens is 450 g/mol. The van der Waals surface area contributed by atoms with Crippen LogP contribution in [0.2, 0.25) is 0 Å². The van der Waals surface area contributed by atoms with Gasteiger partial charge in [-0.3, -0.25) is 19.8 Å². The molecule has 0 atom stereocenters. The lowest BCUT2D eigenvalue weighted by atomic mass is 10.1. The molecule has 2 heterocycles. The standard InChI is InChI=1S/C25H29N5O3S/c1-17-8-9-20(14-19(17)3)33-16-23(32)30-12-10-29(11-13-30)15-22(31)26-25-28-27-24(34-25)21-7-5-4-6-18(21)2/h4-9,14H,10-13,15-16H2,1-3H3,(H,26,28,31). The second-order valence-corrected chi connectivity index (χ2v) is 9.44. The maximum atomic E-state index is 12.5. The molecule has 178 valence electrons. The van der Waals surface area contributed by atoms with Crippen LogP contribution in [0.25, 0.3) is 10.6 Å². The first-order valence-electron chi connectivity index (χ1n) is 11.3. The van der Waals surface area contributed by atoms with Crippen LogP contribution in [0.3, 0.4) is 0 Å². The van der Waals surface area contributed by atoms with Crippen LogP contribution in [0.4, 0.5) is 5.13 Å². The summed E-state index contributed by atoms with van der Waals surface area (Å²) < 4.78 is 5.68. The summed E-state index contributed by atoms with van der Waals surface area (Å²) in [7, 11) is 0. The summed E-state index contributed by atoms with van der Waals surface area (Å²) in [6.07, 6.45) is 0. The highest BCUT2D eigenvalue weighted by atomic mass is 32.1. The number of amides is 2. The summed E-state index contributed by atoms with van der Waals surface area (Å²) >= 11 is 1.36. The summed E-state index contributed by atoms with van der Waals surface area (Å²) in [5.74, 6) is 0.527. The molecule has 1 N–H and O–H groups in total. The smallest absolute Gasteiger partial charge is 0.260 e. The molecule has 1 fully saturated rings. The topological polar surface area (TPSA) is 87.7 Å². The molecular formula is C25H29N5O3S. The molecule has 1 saturated heterocycles. The van der Waals surface area contributed by atoms with Crippen molar-refractivity contribution in [3.05, 3.63) is 59.2 Å². The van der Waals surface area contributed by atoms with E-state index >= 15 is 0 Å². The Kier molecular flexibility index (Phi) is 7.54. The molecule has 8 nitrogen and oxygen atoms in total. The van der Waals surface area contributed by atoms with Gasteiger partial charge in [-0.1, -0.05) is 41.7 Å². The van der Waals surface area contributed by atoms with E-state index in [1.54, 1.807) is 4.90 Å². The van der Waals surface area contributed by atoms with Gasteiger partial charge in [-0.2, -0.15) is 0 Å². The Morgan fingerprint density at radius 1 is 0.971 bits per heavy atom. The molecule has 9 heteroatoms. The largest absolute Gasteiger partial charge is 0.484 e. The molecule has 3 aromatic rings. The first-order chi connectivity index (χ1) is 16.4. The van der Waals surface area contributed by atoms with Gasteiger partial charge in [0, 0.05) is 31.7 Å². The number of rotatable bonds is 7. The number of carbonyl (C=O) groups excluding carboxylic acids is 2. The van der Waals surface area contributed by atoms with Gasteiger partial charge >= 0.3 is 0 Å². The van der Waals surface area contributed by atoms with Crippen molar-refractivity contribution in [2.75, 3.05) is 44.6 Å². The molecule has 0 spiro atoms. The van der Waals surface area contributed by atoms with Gasteiger partial charge in [-0.15, -0.1) is 10.2 Å². The SMILES string of the molecule is Cc1ccc(OCC(=O)N2CCN(CC(=O)Nc3nnc(-c4ccccc4C)s3)CC2)cc1C. The molecule has 4 rings (SSSR count). The van der Waals surface area contributed by atoms with Crippen molar-refractivity contribution in [1.82, 2.24) is 20.0 Å². The zero-order chi connectivity index (χ0) is 24.1. The molecule has 0 bridgehead atoms. The van der Waals surface area contributed by atoms with Crippen LogP contribution in [0.15, 0.2) is 42.5 Å². The van der Waals surface area contributed by atoms with Crippen molar-refractivity contribution in [3.63, 3.8) is 0 Å². The summed E-state index contributed by atoms with van der Waals surface area (Å²) in [4.78, 5) is 28.9. The Labute approximate surface area is 203 Å². The van der Waals surface area contributed by atoms with Gasteiger partial charge in [0.15, 0.2) is 6.61 Å². The highest BCUT2D eigenvalue weighted by molar-refractivity contribution is 7.18. The first-order valence-corrected chi connectivity index (χ1v) is 12.1. The predicted octanol–water partition coefficient (Wildman–Crippen LogP) is 3.29. The Balaban J connectivity index is 1.21. The normalized spacial score (nSPS) is 14.1. The molecule has 0 unspecified atom stereocenters. The Hall–Kier alpha value is -3.30. The number of benzene rings is 2. The Morgan fingerprint density at radius 2 is 1.74 bits per heavy atom. The van der Waals surface area contributed by atoms with Gasteiger partial charge in [-0.05, 0) is 49.6 Å². The number of nitrogens with one attached hydrogen (secondary N) is 1. The van der Waals surface area contributed by atoms with Crippen LogP contribution in [0.5, 0.6) is 5.75 Å². The van der Waals surface area contributed by atoms with E-state index in [1.165, 1.54) is 16.9 Å². The Morgan fingerprint density at radius 3 is 2.47 bits per heavy atom. The molecule has 1 aromatic heterocycles. The van der Waals surface area contributed by atoms with Crippen molar-refractivity contribution in [3.8, 4) is 16.3 Å². The molecule has 1 aliphatic heterocycles. The number of carbonyl (C=O) groups is 2. The second kappa shape index (κ2) is 10.8. The quantitative estimate of drug-likeness (QED) is 0.560. The van der Waals surface area contributed by atoms with E-state index in [4.69, 9.17) is 4.74 Å². The predicted molar refractivity (Wildman–Crippen MR) is 133 cm³/mol. The van der Waals surface area contributed by atoms with E-state index in [0.29, 0.717) is 37.1 Å². The summed E-state index contributed by atoms with van der Waals surface area (Å²) in [5, 5.41) is 12.4. The van der Waals surface area contributed by atoms with Gasteiger partial charge in [0.25, 0.3) is 5.91 Å². The molecule has 0 saturated carbocycles. The number of ether oxygens (including phenoxy) is 1. The van der Waals surface area contributed by atoms with E-state index in [9.17, 15) is 9.59 Å². The molecule has 1 aliphatic rings. The molecule has 2 aromatic carbocycles. The van der Waals surface area contributed by atoms with Crippen LogP contribution in [-0.4, -0.2) is 71.1 Å². The van der Waals surface area contributed by atoms with Crippen molar-refractivity contribution in [1.29, 1.82) is 0 Å². The van der Waals surface area contributed by atoms with Crippen molar-refractivity contribution < 1.29 is 14.3 Å². The fourth-order valence-corrected chi connectivity index (χ4v) is 4.60. The van der Waals surface area contributed by atoms with E-state index in [-0.39, 0.29) is 25.0 Å². The third kappa shape index (κ3) is 5.98. The van der Waals surface area contributed by atoms with Gasteiger partial charge in [-0.25, -0.2) is 0 Å². The summed E-state index contributed by atoms with van der Waals surface area (Å²) in [5.41, 5.74) is 4.46. The first kappa shape index (κ1) is 23.8. The number of hydrogen-bond acceptors (Lipinski definition) is 7. The van der Waals surface area contributed by atoms with E-state index in [2.05, 4.69) is 15.5 Å². The third-order valence-corrected chi connectivity index (χ3v) is 6.85. The summed E-state index contributed by atoms with van der Waals surface area (Å²) in [6, 6.07) is 13.8. The van der Waals surface area contributed by atoms with Gasteiger partial charge in [0.1, 0.15) is 10.8 Å². The molecule has 2 amide bonds. The van der Waals surface area contributed by atoms with Crippen LogP contribution in [0.1, 0.15) is 16.7 Å². The fraction of sp³-hybridized carbons (Fsp3) is 0.360. The molecule has 34 heavy (non-hydrogen) atoms. The van der Waals surface area contributed by atoms with Gasteiger partial charge < -0.3 is 9.64 Å². The number of aryl methyl sites for hydroxylation is 3. The number of hydrogen-bond donors (Lipinski definition) is 1. The highest BCUT2D eigenvalue weighted by Crippen LogP contribution is 2.28. The zero-order valence-corrected chi connectivity index (χ0v) is 20.5. The number of anilines is 1. The number of piperazine rings is 1. The monoisotopic (exact) mass is 479 g/mol. The molecule has 0 aliphatic carbocycles. The number of nitrogens with zero attached hydrogens (tertiary/aromatic N) is 4. The lowest BCUT2D eigenvalue weighted by Gasteiger charge is -2.34. The lowest BCUT2D eigenvalue weighted by molar-refractivity contribution is -0.135. The van der Waals surface area contributed by atoms with Crippen LogP contribution in [-0.2, 0) is 9.59 Å². The Bertz CT molecular complexity index is 1170. The van der Waals surface area contributed by atoms with E-state index < -0.39 is 0 Å².